The lowest BCUT2D eigenvalue weighted by Crippen LogP contribution is -2.32. The lowest BCUT2D eigenvalue weighted by Gasteiger charge is -2.15. The van der Waals surface area contributed by atoms with Gasteiger partial charge in [0.1, 0.15) is 5.75 Å². The lowest BCUT2D eigenvalue weighted by atomic mass is 10.1. The zero-order chi connectivity index (χ0) is 15.2. The first-order chi connectivity index (χ1) is 10.1. The number of carboxylic acid groups (broad SMARTS) is 1. The van der Waals surface area contributed by atoms with Gasteiger partial charge in [0.15, 0.2) is 0 Å². The number of rotatable bonds is 6. The Morgan fingerprint density at radius 1 is 1.36 bits per heavy atom. The number of hydrogen-bond acceptors (Lipinski definition) is 4. The number of carboxylic acids is 1. The number of amides is 1. The second-order valence-electron chi connectivity index (χ2n) is 5.06. The number of nitrogens with one attached hydrogen (secondary N) is 1. The van der Waals surface area contributed by atoms with Crippen molar-refractivity contribution >= 4 is 30.0 Å². The van der Waals surface area contributed by atoms with Crippen molar-refractivity contribution in [2.75, 3.05) is 31.6 Å². The Morgan fingerprint density at radius 3 is 2.59 bits per heavy atom. The molecule has 1 fully saturated rings. The van der Waals surface area contributed by atoms with E-state index in [0.29, 0.717) is 31.8 Å². The van der Waals surface area contributed by atoms with Gasteiger partial charge in [0.05, 0.1) is 19.1 Å². The molecule has 1 aliphatic rings. The molecule has 1 unspecified atom stereocenters. The van der Waals surface area contributed by atoms with Crippen molar-refractivity contribution in [2.45, 2.75) is 13.3 Å². The van der Waals surface area contributed by atoms with Gasteiger partial charge in [-0.1, -0.05) is 0 Å². The summed E-state index contributed by atoms with van der Waals surface area (Å²) in [5.74, 6) is -0.516. The predicted octanol–water partition coefficient (Wildman–Crippen LogP) is 1.85. The molecular weight excluding hydrogens is 308 g/mol. The van der Waals surface area contributed by atoms with Gasteiger partial charge in [0, 0.05) is 12.2 Å². The second kappa shape index (κ2) is 8.60. The Hall–Kier alpha value is -1.79. The van der Waals surface area contributed by atoms with Crippen LogP contribution in [-0.4, -0.2) is 48.1 Å². The van der Waals surface area contributed by atoms with Crippen molar-refractivity contribution in [3.05, 3.63) is 24.3 Å². The van der Waals surface area contributed by atoms with Crippen molar-refractivity contribution < 1.29 is 19.4 Å². The molecule has 1 aliphatic heterocycles. The van der Waals surface area contributed by atoms with Crippen LogP contribution in [0.3, 0.4) is 0 Å². The molecule has 2 N–H and O–H groups in total. The van der Waals surface area contributed by atoms with E-state index < -0.39 is 5.97 Å². The average molecular weight is 329 g/mol. The highest BCUT2D eigenvalue weighted by Gasteiger charge is 2.28. The third-order valence-electron chi connectivity index (χ3n) is 3.44. The Morgan fingerprint density at radius 2 is 2.05 bits per heavy atom. The Kier molecular flexibility index (Phi) is 7.14. The molecule has 1 aromatic carbocycles. The first kappa shape index (κ1) is 18.3. The van der Waals surface area contributed by atoms with E-state index in [2.05, 4.69) is 5.32 Å². The molecule has 6 nitrogen and oxygen atoms in total. The molecule has 1 aromatic rings. The summed E-state index contributed by atoms with van der Waals surface area (Å²) in [7, 11) is 0. The lowest BCUT2D eigenvalue weighted by molar-refractivity contribution is -0.141. The van der Waals surface area contributed by atoms with Gasteiger partial charge < -0.3 is 15.2 Å². The largest absolute Gasteiger partial charge is 0.494 e. The summed E-state index contributed by atoms with van der Waals surface area (Å²) in [6, 6.07) is 7.17. The third kappa shape index (κ3) is 5.20. The number of aliphatic carboxylic acids is 1. The molecule has 0 aliphatic carbocycles. The van der Waals surface area contributed by atoms with Gasteiger partial charge in [0.25, 0.3) is 0 Å². The van der Waals surface area contributed by atoms with E-state index in [-0.39, 0.29) is 30.8 Å². The molecule has 1 amide bonds. The van der Waals surface area contributed by atoms with E-state index >= 15 is 0 Å². The minimum Gasteiger partial charge on any atom is -0.494 e. The number of benzene rings is 1. The highest BCUT2D eigenvalue weighted by Crippen LogP contribution is 2.17. The standard InChI is InChI=1S/C15H20N2O4.ClH/c1-2-21-13-5-3-12(4-6-13)16-14(18)10-17-8-7-11(9-17)15(19)20;/h3-6,11H,2,7-10H2,1H3,(H,16,18)(H,19,20);1H. The summed E-state index contributed by atoms with van der Waals surface area (Å²) < 4.78 is 5.33. The maximum Gasteiger partial charge on any atom is 0.307 e. The van der Waals surface area contributed by atoms with Gasteiger partial charge in [-0.05, 0) is 44.2 Å². The van der Waals surface area contributed by atoms with Crippen molar-refractivity contribution in [2.24, 2.45) is 5.92 Å². The van der Waals surface area contributed by atoms with Crippen LogP contribution in [-0.2, 0) is 9.59 Å². The monoisotopic (exact) mass is 328 g/mol. The zero-order valence-corrected chi connectivity index (χ0v) is 13.3. The first-order valence-corrected chi connectivity index (χ1v) is 7.06. The smallest absolute Gasteiger partial charge is 0.307 e. The van der Waals surface area contributed by atoms with Crippen LogP contribution in [0.4, 0.5) is 5.69 Å². The Balaban J connectivity index is 0.00000242. The number of halogens is 1. The normalized spacial score (nSPS) is 17.6. The Bertz CT molecular complexity index is 507. The number of nitrogens with zero attached hydrogens (tertiary/aromatic N) is 1. The van der Waals surface area contributed by atoms with Gasteiger partial charge in [-0.25, -0.2) is 0 Å². The fraction of sp³-hybridized carbons (Fsp3) is 0.467. The van der Waals surface area contributed by atoms with Gasteiger partial charge in [-0.15, -0.1) is 12.4 Å². The van der Waals surface area contributed by atoms with Gasteiger partial charge in [0.2, 0.25) is 5.91 Å². The Labute approximate surface area is 135 Å². The van der Waals surface area contributed by atoms with Gasteiger partial charge >= 0.3 is 5.97 Å². The SMILES string of the molecule is CCOc1ccc(NC(=O)CN2CCC(C(=O)O)C2)cc1.Cl. The highest BCUT2D eigenvalue weighted by molar-refractivity contribution is 5.92. The molecule has 0 aromatic heterocycles. The molecule has 1 atom stereocenters. The van der Waals surface area contributed by atoms with Crippen LogP contribution in [0.15, 0.2) is 24.3 Å². The number of ether oxygens (including phenoxy) is 1. The van der Waals surface area contributed by atoms with Crippen molar-refractivity contribution in [3.63, 3.8) is 0 Å². The van der Waals surface area contributed by atoms with E-state index in [4.69, 9.17) is 9.84 Å². The maximum atomic E-state index is 11.9. The zero-order valence-electron chi connectivity index (χ0n) is 12.4. The fourth-order valence-corrected chi connectivity index (χ4v) is 2.38. The van der Waals surface area contributed by atoms with Crippen molar-refractivity contribution in [1.82, 2.24) is 4.90 Å². The summed E-state index contributed by atoms with van der Waals surface area (Å²) in [6.45, 7) is 3.82. The number of anilines is 1. The fourth-order valence-electron chi connectivity index (χ4n) is 2.38. The van der Waals surface area contributed by atoms with Crippen molar-refractivity contribution in [1.29, 1.82) is 0 Å². The van der Waals surface area contributed by atoms with E-state index in [0.717, 1.165) is 5.75 Å². The molecule has 0 bridgehead atoms. The maximum absolute atomic E-state index is 11.9. The van der Waals surface area contributed by atoms with Gasteiger partial charge in [-0.3, -0.25) is 14.5 Å². The highest BCUT2D eigenvalue weighted by atomic mass is 35.5. The summed E-state index contributed by atoms with van der Waals surface area (Å²) in [5, 5.41) is 11.7. The number of carbonyl (C=O) groups is 2. The molecule has 1 heterocycles. The molecule has 0 spiro atoms. The van der Waals surface area contributed by atoms with Crippen LogP contribution in [0, 0.1) is 5.92 Å². The molecule has 22 heavy (non-hydrogen) atoms. The average Bonchev–Trinajstić information content (AvgIpc) is 2.90. The molecule has 1 saturated heterocycles. The van der Waals surface area contributed by atoms with Crippen LogP contribution >= 0.6 is 12.4 Å². The molecule has 0 saturated carbocycles. The van der Waals surface area contributed by atoms with E-state index in [9.17, 15) is 9.59 Å². The molecule has 0 radical (unpaired) electrons. The van der Waals surface area contributed by atoms with Crippen LogP contribution in [0.2, 0.25) is 0 Å². The second-order valence-corrected chi connectivity index (χ2v) is 5.06. The summed E-state index contributed by atoms with van der Waals surface area (Å²) >= 11 is 0. The van der Waals surface area contributed by atoms with Crippen molar-refractivity contribution in [3.8, 4) is 5.75 Å². The molecule has 122 valence electrons. The summed E-state index contributed by atoms with van der Waals surface area (Å²) in [4.78, 5) is 24.7. The molecular formula is C15H21ClN2O4. The van der Waals surface area contributed by atoms with E-state index in [1.807, 2.05) is 11.8 Å². The van der Waals surface area contributed by atoms with Crippen LogP contribution in [0.5, 0.6) is 5.75 Å². The van der Waals surface area contributed by atoms with E-state index in [1.54, 1.807) is 24.3 Å². The number of carbonyl (C=O) groups excluding carboxylic acids is 1. The minimum absolute atomic E-state index is 0. The minimum atomic E-state index is -0.788. The first-order valence-electron chi connectivity index (χ1n) is 7.06. The van der Waals surface area contributed by atoms with Crippen LogP contribution < -0.4 is 10.1 Å². The van der Waals surface area contributed by atoms with Crippen LogP contribution in [0.25, 0.3) is 0 Å². The summed E-state index contributed by atoms with van der Waals surface area (Å²) in [5.41, 5.74) is 0.706. The molecule has 2 rings (SSSR count). The quantitative estimate of drug-likeness (QED) is 0.833. The van der Waals surface area contributed by atoms with Crippen LogP contribution in [0.1, 0.15) is 13.3 Å². The predicted molar refractivity (Wildman–Crippen MR) is 85.7 cm³/mol. The van der Waals surface area contributed by atoms with E-state index in [1.165, 1.54) is 0 Å². The topological polar surface area (TPSA) is 78.9 Å². The number of likely N-dealkylation sites (tertiary alicyclic amines) is 1. The number of hydrogen-bond donors (Lipinski definition) is 2. The molecule has 7 heteroatoms. The third-order valence-corrected chi connectivity index (χ3v) is 3.44. The van der Waals surface area contributed by atoms with Gasteiger partial charge in [-0.2, -0.15) is 0 Å². The summed E-state index contributed by atoms with van der Waals surface area (Å²) in [6.07, 6.45) is 0.603.